The molecule has 9 aromatic rings. The first-order valence-corrected chi connectivity index (χ1v) is 19.2. The van der Waals surface area contributed by atoms with Gasteiger partial charge in [0.15, 0.2) is 5.47 Å². The first-order valence-electron chi connectivity index (χ1n) is 18.4. The third-order valence-corrected chi connectivity index (χ3v) is 10.7. The summed E-state index contributed by atoms with van der Waals surface area (Å²) in [6, 6.07) is 55.8. The summed E-state index contributed by atoms with van der Waals surface area (Å²) >= 11 is 3.58. The Labute approximate surface area is 334 Å². The molecule has 1 aliphatic rings. The van der Waals surface area contributed by atoms with E-state index < -0.39 is 7.12 Å². The number of methoxy groups -OCH3 is 1. The van der Waals surface area contributed by atoms with Crippen LogP contribution in [0.1, 0.15) is 5.56 Å². The van der Waals surface area contributed by atoms with Gasteiger partial charge in [-0.1, -0.05) is 149 Å². The largest absolute Gasteiger partial charge is 0.527 e. The van der Waals surface area contributed by atoms with E-state index in [0.29, 0.717) is 11.2 Å². The zero-order valence-corrected chi connectivity index (χ0v) is 32.2. The number of fused-ring (bicyclic) bond motifs is 12. The van der Waals surface area contributed by atoms with Gasteiger partial charge in [-0.25, -0.2) is 0 Å². The Kier molecular flexibility index (Phi) is 10.7. The van der Waals surface area contributed by atoms with Gasteiger partial charge in [0.05, 0.1) is 25.9 Å². The van der Waals surface area contributed by atoms with E-state index in [1.165, 1.54) is 83.4 Å². The van der Waals surface area contributed by atoms with Crippen molar-refractivity contribution < 1.29 is 19.9 Å². The second-order valence-corrected chi connectivity index (χ2v) is 14.5. The van der Waals surface area contributed by atoms with E-state index in [1.54, 1.807) is 12.2 Å². The number of rotatable bonds is 4. The van der Waals surface area contributed by atoms with Crippen LogP contribution < -0.4 is 0 Å². The first kappa shape index (κ1) is 36.8. The van der Waals surface area contributed by atoms with Crippen LogP contribution in [0.2, 0.25) is 0 Å². The molecule has 1 aliphatic carbocycles. The zero-order chi connectivity index (χ0) is 38.6. The van der Waals surface area contributed by atoms with Gasteiger partial charge >= 0.3 is 7.12 Å². The molecule has 0 saturated carbocycles. The number of benzene rings is 9. The number of halogens is 1. The molecule has 0 bridgehead atoms. The zero-order valence-electron chi connectivity index (χ0n) is 30.7. The van der Waals surface area contributed by atoms with Gasteiger partial charge in [0, 0.05) is 10.5 Å². The minimum atomic E-state index is -1.48. The van der Waals surface area contributed by atoms with Gasteiger partial charge in [-0.3, -0.25) is 0 Å². The molecule has 0 atom stereocenters. The molecule has 9 aromatic carbocycles. The van der Waals surface area contributed by atoms with Crippen molar-refractivity contribution in [2.75, 3.05) is 7.11 Å². The maximum Gasteiger partial charge on any atom is 0.527 e. The molecule has 0 radical (unpaired) electrons. The lowest BCUT2D eigenvalue weighted by Crippen LogP contribution is -2.15. The van der Waals surface area contributed by atoms with Crippen LogP contribution in [0.3, 0.4) is 0 Å². The monoisotopic (exact) mass is 791 g/mol. The quantitative estimate of drug-likeness (QED) is 0.0943. The summed E-state index contributed by atoms with van der Waals surface area (Å²) in [5.41, 5.74) is 3.55. The molecule has 0 heterocycles. The highest BCUT2D eigenvalue weighted by Gasteiger charge is 2.23. The molecule has 6 heteroatoms. The molecular weight excluding hydrogens is 755 g/mol. The fourth-order valence-electron chi connectivity index (χ4n) is 7.56. The van der Waals surface area contributed by atoms with Crippen LogP contribution >= 0.6 is 15.9 Å². The van der Waals surface area contributed by atoms with Gasteiger partial charge in [0.2, 0.25) is 5.76 Å². The molecule has 0 unspecified atom stereocenters. The minimum Gasteiger partial charge on any atom is -0.475 e. The summed E-state index contributed by atoms with van der Waals surface area (Å²) in [5, 5.41) is 42.5. The standard InChI is InChI=1S/C25H18O.C18H11Br.C7H8BO3/c26-16-17-6-5-7-18(14-17)19-12-13-24-22-10-2-1-8-20(22)21-9-3-4-11-23(21)25(24)15-19;19-12-9-10-17-15-7-2-1-5-13(15)14-6-3-4-8-16(14)18(17)11-12;1-11-7-4-2-3-6(5-7)8(9)10/h1-15,26H,16H2;1-11H;2,4-5,9-10H,1H3/q;;+1. The van der Waals surface area contributed by atoms with Crippen LogP contribution in [0.4, 0.5) is 0 Å². The molecule has 10 rings (SSSR count). The highest BCUT2D eigenvalue weighted by atomic mass is 79.9. The average molecular weight is 793 g/mol. The van der Waals surface area contributed by atoms with Crippen LogP contribution in [0.25, 0.3) is 75.8 Å². The molecule has 0 saturated heterocycles. The summed E-state index contributed by atoms with van der Waals surface area (Å²) in [6.45, 7) is 0.0645. The Bertz CT molecular complexity index is 2930. The third-order valence-electron chi connectivity index (χ3n) is 10.2. The van der Waals surface area contributed by atoms with Crippen molar-refractivity contribution in [3.63, 3.8) is 0 Å². The Morgan fingerprint density at radius 1 is 0.518 bits per heavy atom. The Morgan fingerprint density at radius 2 is 0.964 bits per heavy atom. The Balaban J connectivity index is 0.000000129. The lowest BCUT2D eigenvalue weighted by molar-refractivity contribution is 0.282. The second kappa shape index (κ2) is 16.3. The maximum atomic E-state index is 9.44. The van der Waals surface area contributed by atoms with E-state index in [4.69, 9.17) is 14.8 Å². The number of hydrogen-bond donors (Lipinski definition) is 3. The minimum absolute atomic E-state index is 0.0645. The molecule has 0 aromatic heterocycles. The number of allylic oxidation sites excluding steroid dienone is 5. The summed E-state index contributed by atoms with van der Waals surface area (Å²) in [5.74, 6) is 0.590. The molecule has 0 aliphatic heterocycles. The average Bonchev–Trinajstić information content (AvgIpc) is 3.27. The van der Waals surface area contributed by atoms with Crippen molar-refractivity contribution in [3.8, 4) is 11.1 Å². The fourth-order valence-corrected chi connectivity index (χ4v) is 7.92. The van der Waals surface area contributed by atoms with E-state index >= 15 is 0 Å². The SMILES string of the molecule is Brc1ccc2c3ccccc3c3ccccc3c2c1.COC1=CC(B(O)O)=[C+]C=C1.OCc1cccc(-c2ccc3c4ccccc4c4ccccc4c3c2)c1. The number of aliphatic hydroxyl groups excluding tert-OH is 1. The van der Waals surface area contributed by atoms with Gasteiger partial charge in [-0.15, -0.1) is 0 Å². The first-order chi connectivity index (χ1) is 27.4. The third kappa shape index (κ3) is 7.33. The van der Waals surface area contributed by atoms with Crippen molar-refractivity contribution in [3.05, 3.63) is 203 Å². The molecule has 3 N–H and O–H groups in total. The normalized spacial score (nSPS) is 12.1. The highest BCUT2D eigenvalue weighted by Crippen LogP contribution is 2.38. The summed E-state index contributed by atoms with van der Waals surface area (Å²) in [6.07, 6.45) is 7.44. The second-order valence-electron chi connectivity index (χ2n) is 13.5. The number of aliphatic hydroxyl groups is 1. The van der Waals surface area contributed by atoms with Crippen molar-refractivity contribution in [1.82, 2.24) is 0 Å². The van der Waals surface area contributed by atoms with Crippen LogP contribution in [-0.2, 0) is 11.3 Å². The van der Waals surface area contributed by atoms with Gasteiger partial charge in [0.25, 0.3) is 0 Å². The lowest BCUT2D eigenvalue weighted by Gasteiger charge is -2.12. The van der Waals surface area contributed by atoms with Crippen LogP contribution in [0.15, 0.2) is 192 Å². The summed E-state index contributed by atoms with van der Waals surface area (Å²) in [4.78, 5) is 0. The van der Waals surface area contributed by atoms with E-state index in [2.05, 4.69) is 168 Å². The van der Waals surface area contributed by atoms with Crippen LogP contribution in [-0.4, -0.2) is 29.4 Å². The Hall–Kier alpha value is -6.11. The highest BCUT2D eigenvalue weighted by molar-refractivity contribution is 9.10. The topological polar surface area (TPSA) is 69.9 Å². The summed E-state index contributed by atoms with van der Waals surface area (Å²) in [7, 11) is 0.0353. The van der Waals surface area contributed by atoms with Crippen molar-refractivity contribution in [1.29, 1.82) is 0 Å². The predicted molar refractivity (Wildman–Crippen MR) is 238 cm³/mol. The molecule has 56 heavy (non-hydrogen) atoms. The van der Waals surface area contributed by atoms with E-state index in [0.717, 1.165) is 15.6 Å². The van der Waals surface area contributed by atoms with Gasteiger partial charge in [-0.05, 0) is 106 Å². The van der Waals surface area contributed by atoms with Gasteiger partial charge in [-0.2, -0.15) is 0 Å². The lowest BCUT2D eigenvalue weighted by atomic mass is 9.77. The fraction of sp³-hybridized carbons (Fsp3) is 0.0400. The van der Waals surface area contributed by atoms with Crippen molar-refractivity contribution in [2.45, 2.75) is 6.61 Å². The Morgan fingerprint density at radius 3 is 1.45 bits per heavy atom. The maximum absolute atomic E-state index is 9.44. The van der Waals surface area contributed by atoms with Crippen LogP contribution in [0.5, 0.6) is 0 Å². The smallest absolute Gasteiger partial charge is 0.475 e. The molecule has 270 valence electrons. The van der Waals surface area contributed by atoms with Crippen molar-refractivity contribution in [2.24, 2.45) is 0 Å². The predicted octanol–water partition coefficient (Wildman–Crippen LogP) is 12.0. The van der Waals surface area contributed by atoms with Crippen molar-refractivity contribution >= 4 is 87.7 Å². The van der Waals surface area contributed by atoms with E-state index in [9.17, 15) is 5.11 Å². The molecular formula is C50H37BBrO4+. The molecule has 0 fully saturated rings. The molecule has 4 nitrogen and oxygen atoms in total. The van der Waals surface area contributed by atoms with Gasteiger partial charge in [0.1, 0.15) is 6.08 Å². The van der Waals surface area contributed by atoms with E-state index in [1.807, 2.05) is 12.1 Å². The number of ether oxygens (including phenoxy) is 1. The van der Waals surface area contributed by atoms with Gasteiger partial charge < -0.3 is 19.9 Å². The summed E-state index contributed by atoms with van der Waals surface area (Å²) < 4.78 is 5.99. The number of hydrogen-bond acceptors (Lipinski definition) is 4. The molecule has 0 spiro atoms. The van der Waals surface area contributed by atoms with E-state index in [-0.39, 0.29) is 6.61 Å². The molecule has 0 amide bonds. The van der Waals surface area contributed by atoms with Crippen LogP contribution in [0, 0.1) is 6.08 Å².